The molecule has 144 valence electrons. The van der Waals surface area contributed by atoms with Crippen LogP contribution in [-0.4, -0.2) is 82.3 Å². The first-order valence-electron chi connectivity index (χ1n) is 9.86. The smallest absolute Gasteiger partial charge is 0.271 e. The number of nitrogens with one attached hydrogen (secondary N) is 1. The van der Waals surface area contributed by atoms with E-state index in [1.165, 1.54) is 0 Å². The predicted octanol–water partition coefficient (Wildman–Crippen LogP) is 1.19. The third-order valence-electron chi connectivity index (χ3n) is 6.27. The van der Waals surface area contributed by atoms with Crippen LogP contribution in [0.15, 0.2) is 6.20 Å². The molecule has 7 nitrogen and oxygen atoms in total. The van der Waals surface area contributed by atoms with Crippen LogP contribution in [0.1, 0.15) is 48.4 Å². The average molecular weight is 362 g/mol. The van der Waals surface area contributed by atoms with E-state index in [0.717, 1.165) is 77.3 Å². The number of β-amino-alcohol motifs (C(OH)–C–C–N with tert-alkyl or cyclic N) is 1. The number of amides is 1. The first kappa shape index (κ1) is 17.9. The van der Waals surface area contributed by atoms with Gasteiger partial charge in [-0.1, -0.05) is 0 Å². The number of H-pyrrole nitrogens is 1. The van der Waals surface area contributed by atoms with E-state index in [9.17, 15) is 9.90 Å². The molecule has 4 heterocycles. The molecule has 1 aromatic heterocycles. The molecule has 0 radical (unpaired) electrons. The normalized spacial score (nSPS) is 29.4. The highest BCUT2D eigenvalue weighted by Gasteiger charge is 2.43. The Kier molecular flexibility index (Phi) is 5.03. The molecule has 3 aliphatic rings. The number of aromatic amines is 1. The number of carbonyl (C=O) groups is 1. The maximum atomic E-state index is 12.6. The molecule has 0 aromatic carbocycles. The maximum Gasteiger partial charge on any atom is 0.271 e. The Morgan fingerprint density at radius 2 is 2.23 bits per heavy atom. The van der Waals surface area contributed by atoms with Gasteiger partial charge in [-0.15, -0.1) is 0 Å². The summed E-state index contributed by atoms with van der Waals surface area (Å²) < 4.78 is 6.13. The number of nitrogens with zero attached hydrogens (tertiary/aromatic N) is 3. The number of carbonyl (C=O) groups excluding carboxylic acids is 1. The highest BCUT2D eigenvalue weighted by molar-refractivity contribution is 5.92. The van der Waals surface area contributed by atoms with Gasteiger partial charge < -0.3 is 19.7 Å². The summed E-state index contributed by atoms with van der Waals surface area (Å²) in [5, 5.41) is 9.85. The summed E-state index contributed by atoms with van der Waals surface area (Å²) in [5.74, 6) is 0.829. The van der Waals surface area contributed by atoms with Gasteiger partial charge >= 0.3 is 0 Å². The second kappa shape index (κ2) is 7.29. The predicted molar refractivity (Wildman–Crippen MR) is 96.9 cm³/mol. The van der Waals surface area contributed by atoms with Gasteiger partial charge in [0, 0.05) is 26.2 Å². The van der Waals surface area contributed by atoms with Crippen molar-refractivity contribution in [1.82, 2.24) is 19.8 Å². The van der Waals surface area contributed by atoms with Crippen molar-refractivity contribution < 1.29 is 14.6 Å². The molecule has 3 aliphatic heterocycles. The number of imidazole rings is 1. The standard InChI is InChI=1S/C19H30N4O3/c1-14-20-10-17(21-14)18(25)23-7-4-19(5-8-23)9-16(26-13-19)12-22-6-2-3-15(24)11-22/h10,15-16,24H,2-9,11-13H2,1H3,(H,20,21)/t15-,16-/m0/s1. The first-order chi connectivity index (χ1) is 12.5. The van der Waals surface area contributed by atoms with Crippen molar-refractivity contribution in [3.63, 3.8) is 0 Å². The summed E-state index contributed by atoms with van der Waals surface area (Å²) in [6, 6.07) is 0. The number of rotatable bonds is 3. The van der Waals surface area contributed by atoms with Gasteiger partial charge in [0.25, 0.3) is 5.91 Å². The molecule has 0 unspecified atom stereocenters. The molecule has 4 rings (SSSR count). The second-order valence-corrected chi connectivity index (χ2v) is 8.37. The number of aliphatic hydroxyl groups excluding tert-OH is 1. The molecule has 26 heavy (non-hydrogen) atoms. The average Bonchev–Trinajstić information content (AvgIpc) is 3.22. The lowest BCUT2D eigenvalue weighted by Gasteiger charge is -2.38. The van der Waals surface area contributed by atoms with E-state index >= 15 is 0 Å². The lowest BCUT2D eigenvalue weighted by molar-refractivity contribution is 0.0227. The Bertz CT molecular complexity index is 638. The largest absolute Gasteiger partial charge is 0.392 e. The summed E-state index contributed by atoms with van der Waals surface area (Å²) >= 11 is 0. The summed E-state index contributed by atoms with van der Waals surface area (Å²) in [7, 11) is 0. The zero-order valence-electron chi connectivity index (χ0n) is 15.6. The molecule has 1 spiro atoms. The van der Waals surface area contributed by atoms with Gasteiger partial charge in [-0.3, -0.25) is 9.69 Å². The molecule has 3 fully saturated rings. The van der Waals surface area contributed by atoms with Crippen molar-refractivity contribution in [2.45, 2.75) is 51.2 Å². The van der Waals surface area contributed by atoms with E-state index < -0.39 is 0 Å². The topological polar surface area (TPSA) is 81.7 Å². The van der Waals surface area contributed by atoms with Crippen LogP contribution in [0.3, 0.4) is 0 Å². The fourth-order valence-corrected chi connectivity index (χ4v) is 4.73. The molecule has 3 saturated heterocycles. The van der Waals surface area contributed by atoms with Crippen molar-refractivity contribution in [3.8, 4) is 0 Å². The van der Waals surface area contributed by atoms with Gasteiger partial charge in [-0.2, -0.15) is 0 Å². The van der Waals surface area contributed by atoms with Crippen LogP contribution < -0.4 is 0 Å². The van der Waals surface area contributed by atoms with Crippen molar-refractivity contribution in [1.29, 1.82) is 0 Å². The quantitative estimate of drug-likeness (QED) is 0.844. The Balaban J connectivity index is 1.28. The number of aryl methyl sites for hydroxylation is 1. The second-order valence-electron chi connectivity index (χ2n) is 8.37. The Hall–Kier alpha value is -1.44. The van der Waals surface area contributed by atoms with Crippen molar-refractivity contribution in [2.75, 3.05) is 39.3 Å². The van der Waals surface area contributed by atoms with Crippen LogP contribution in [0.25, 0.3) is 0 Å². The molecular formula is C19H30N4O3. The monoisotopic (exact) mass is 362 g/mol. The van der Waals surface area contributed by atoms with Gasteiger partial charge in [0.1, 0.15) is 11.5 Å². The van der Waals surface area contributed by atoms with E-state index in [4.69, 9.17) is 4.74 Å². The van der Waals surface area contributed by atoms with Crippen molar-refractivity contribution in [2.24, 2.45) is 5.41 Å². The number of likely N-dealkylation sites (tertiary alicyclic amines) is 2. The molecule has 2 N–H and O–H groups in total. The summed E-state index contributed by atoms with van der Waals surface area (Å²) in [6.07, 6.45) is 6.79. The molecule has 2 atom stereocenters. The van der Waals surface area contributed by atoms with Gasteiger partial charge in [0.2, 0.25) is 0 Å². The highest BCUT2D eigenvalue weighted by Crippen LogP contribution is 2.42. The van der Waals surface area contributed by atoms with Crippen LogP contribution in [-0.2, 0) is 4.74 Å². The van der Waals surface area contributed by atoms with Gasteiger partial charge in [0.15, 0.2) is 0 Å². The van der Waals surface area contributed by atoms with Gasteiger partial charge in [0.05, 0.1) is 25.0 Å². The fourth-order valence-electron chi connectivity index (χ4n) is 4.73. The summed E-state index contributed by atoms with van der Waals surface area (Å²) in [6.45, 7) is 7.01. The van der Waals surface area contributed by atoms with Crippen LogP contribution in [0.5, 0.6) is 0 Å². The number of aromatic nitrogens is 2. The Morgan fingerprint density at radius 3 is 2.92 bits per heavy atom. The van der Waals surface area contributed by atoms with E-state index in [1.807, 2.05) is 11.8 Å². The summed E-state index contributed by atoms with van der Waals surface area (Å²) in [4.78, 5) is 24.0. The third kappa shape index (κ3) is 3.80. The lowest BCUT2D eigenvalue weighted by Crippen LogP contribution is -2.44. The number of hydrogen-bond acceptors (Lipinski definition) is 5. The van der Waals surface area contributed by atoms with Crippen LogP contribution >= 0.6 is 0 Å². The number of piperidine rings is 2. The zero-order valence-corrected chi connectivity index (χ0v) is 15.6. The van der Waals surface area contributed by atoms with Crippen LogP contribution in [0.4, 0.5) is 0 Å². The minimum atomic E-state index is -0.181. The maximum absolute atomic E-state index is 12.6. The van der Waals surface area contributed by atoms with E-state index in [-0.39, 0.29) is 23.5 Å². The minimum Gasteiger partial charge on any atom is -0.392 e. The first-order valence-corrected chi connectivity index (χ1v) is 9.86. The molecule has 0 aliphatic carbocycles. The molecule has 0 saturated carbocycles. The molecule has 7 heteroatoms. The van der Waals surface area contributed by atoms with E-state index in [1.54, 1.807) is 6.20 Å². The highest BCUT2D eigenvalue weighted by atomic mass is 16.5. The minimum absolute atomic E-state index is 0.0539. The molecular weight excluding hydrogens is 332 g/mol. The van der Waals surface area contributed by atoms with Crippen molar-refractivity contribution in [3.05, 3.63) is 17.7 Å². The van der Waals surface area contributed by atoms with Crippen LogP contribution in [0, 0.1) is 12.3 Å². The summed E-state index contributed by atoms with van der Waals surface area (Å²) in [5.41, 5.74) is 0.808. The van der Waals surface area contributed by atoms with E-state index in [2.05, 4.69) is 14.9 Å². The third-order valence-corrected chi connectivity index (χ3v) is 6.27. The van der Waals surface area contributed by atoms with Crippen LogP contribution in [0.2, 0.25) is 0 Å². The molecule has 1 aromatic rings. The Labute approximate surface area is 154 Å². The Morgan fingerprint density at radius 1 is 1.42 bits per heavy atom. The molecule has 0 bridgehead atoms. The number of hydrogen-bond donors (Lipinski definition) is 2. The lowest BCUT2D eigenvalue weighted by atomic mass is 9.76. The number of ether oxygens (including phenoxy) is 1. The molecule has 1 amide bonds. The number of aliphatic hydroxyl groups is 1. The SMILES string of the molecule is Cc1ncc(C(=O)N2CCC3(CC2)CO[C@H](CN2CCC[C@H](O)C2)C3)[nH]1. The van der Waals surface area contributed by atoms with Crippen molar-refractivity contribution >= 4 is 5.91 Å². The fraction of sp³-hybridized carbons (Fsp3) is 0.789. The van der Waals surface area contributed by atoms with Gasteiger partial charge in [-0.25, -0.2) is 4.98 Å². The zero-order chi connectivity index (χ0) is 18.1. The van der Waals surface area contributed by atoms with E-state index in [0.29, 0.717) is 5.69 Å². The van der Waals surface area contributed by atoms with Gasteiger partial charge in [-0.05, 0) is 51.0 Å².